The van der Waals surface area contributed by atoms with E-state index in [1.54, 1.807) is 6.07 Å². The lowest BCUT2D eigenvalue weighted by Gasteiger charge is -1.94. The van der Waals surface area contributed by atoms with E-state index in [1.807, 2.05) is 13.8 Å². The van der Waals surface area contributed by atoms with Crippen LogP contribution in [0.4, 0.5) is 4.48 Å². The first-order chi connectivity index (χ1) is 4.74. The highest BCUT2D eigenvalue weighted by Crippen LogP contribution is 2.03. The highest BCUT2D eigenvalue weighted by atomic mass is 19.2. The van der Waals surface area contributed by atoms with Crippen LogP contribution >= 0.6 is 0 Å². The first kappa shape index (κ1) is 7.19. The van der Waals surface area contributed by atoms with Crippen LogP contribution in [0.5, 0.6) is 0 Å². The van der Waals surface area contributed by atoms with Gasteiger partial charge in [-0.05, 0) is 18.9 Å². The van der Waals surface area contributed by atoms with E-state index in [1.165, 1.54) is 12.4 Å². The molecule has 0 bridgehead atoms. The molecule has 54 valence electrons. The maximum atomic E-state index is 12.5. The van der Waals surface area contributed by atoms with Crippen molar-refractivity contribution in [1.29, 1.82) is 0 Å². The van der Waals surface area contributed by atoms with E-state index in [-0.39, 0.29) is 0 Å². The van der Waals surface area contributed by atoms with Crippen LogP contribution in [0, 0.1) is 6.92 Å². The Morgan fingerprint density at radius 1 is 1.60 bits per heavy atom. The Labute approximate surface area is 60.1 Å². The van der Waals surface area contributed by atoms with Gasteiger partial charge in [-0.1, -0.05) is 6.92 Å². The van der Waals surface area contributed by atoms with E-state index < -0.39 is 0 Å². The van der Waals surface area contributed by atoms with Crippen molar-refractivity contribution < 1.29 is 9.27 Å². The molecule has 0 saturated heterocycles. The molecule has 0 amide bonds. The third-order valence-corrected chi connectivity index (χ3v) is 1.63. The van der Waals surface area contributed by atoms with Gasteiger partial charge in [-0.3, -0.25) is 0 Å². The summed E-state index contributed by atoms with van der Waals surface area (Å²) >= 11 is 0. The van der Waals surface area contributed by atoms with Gasteiger partial charge in [0, 0.05) is 16.4 Å². The first-order valence-electron chi connectivity index (χ1n) is 3.41. The fourth-order valence-corrected chi connectivity index (χ4v) is 0.954. The quantitative estimate of drug-likeness (QED) is 0.557. The summed E-state index contributed by atoms with van der Waals surface area (Å²) in [6.45, 7) is 4.00. The highest BCUT2D eigenvalue weighted by Gasteiger charge is 2.02. The largest absolute Gasteiger partial charge is 0.221 e. The fourth-order valence-electron chi connectivity index (χ4n) is 0.954. The predicted octanol–water partition coefficient (Wildman–Crippen LogP) is 1.58. The van der Waals surface area contributed by atoms with E-state index >= 15 is 0 Å². The summed E-state index contributed by atoms with van der Waals surface area (Å²) in [7, 11) is 0. The van der Waals surface area contributed by atoms with Crippen LogP contribution in [0.3, 0.4) is 0 Å². The molecule has 0 radical (unpaired) electrons. The van der Waals surface area contributed by atoms with Crippen LogP contribution < -0.4 is 4.79 Å². The summed E-state index contributed by atoms with van der Waals surface area (Å²) in [6.07, 6.45) is 3.81. The molecule has 10 heavy (non-hydrogen) atoms. The third-order valence-electron chi connectivity index (χ3n) is 1.63. The molecule has 1 aromatic heterocycles. The summed E-state index contributed by atoms with van der Waals surface area (Å²) in [5, 5.41) is 0. The average Bonchev–Trinajstić information content (AvgIpc) is 1.94. The highest BCUT2D eigenvalue weighted by molar-refractivity contribution is 5.18. The van der Waals surface area contributed by atoms with Gasteiger partial charge in [0.15, 0.2) is 0 Å². The minimum atomic E-state index is 0.589. The van der Waals surface area contributed by atoms with Gasteiger partial charge in [0.2, 0.25) is 12.4 Å². The molecular weight excluding hydrogens is 129 g/mol. The van der Waals surface area contributed by atoms with E-state index in [2.05, 4.69) is 0 Å². The first-order valence-corrected chi connectivity index (χ1v) is 3.41. The Balaban J connectivity index is 3.09. The lowest BCUT2D eigenvalue weighted by atomic mass is 10.1. The minimum Gasteiger partial charge on any atom is -0.0611 e. The topological polar surface area (TPSA) is 3.88 Å². The van der Waals surface area contributed by atoms with Gasteiger partial charge < -0.3 is 0 Å². The maximum absolute atomic E-state index is 12.5. The Morgan fingerprint density at radius 3 is 2.80 bits per heavy atom. The van der Waals surface area contributed by atoms with Crippen LogP contribution in [0.25, 0.3) is 0 Å². The van der Waals surface area contributed by atoms with Crippen molar-refractivity contribution in [2.24, 2.45) is 0 Å². The normalized spacial score (nSPS) is 9.90. The number of rotatable bonds is 1. The zero-order chi connectivity index (χ0) is 7.56. The van der Waals surface area contributed by atoms with Gasteiger partial charge in [0.05, 0.1) is 4.48 Å². The molecule has 1 rings (SSSR count). The minimum absolute atomic E-state index is 0.589. The second kappa shape index (κ2) is 2.78. The summed E-state index contributed by atoms with van der Waals surface area (Å²) in [5.74, 6) is 0. The van der Waals surface area contributed by atoms with E-state index in [0.29, 0.717) is 4.79 Å². The van der Waals surface area contributed by atoms with Crippen molar-refractivity contribution in [3.63, 3.8) is 0 Å². The number of aryl methyl sites for hydroxylation is 2. The van der Waals surface area contributed by atoms with Gasteiger partial charge in [0.25, 0.3) is 0 Å². The predicted molar refractivity (Wildman–Crippen MR) is 37.3 cm³/mol. The smallest absolute Gasteiger partial charge is 0.0611 e. The molecule has 0 fully saturated rings. The van der Waals surface area contributed by atoms with Gasteiger partial charge in [-0.2, -0.15) is 0 Å². The second-order valence-electron chi connectivity index (χ2n) is 2.35. The molecule has 0 N–H and O–H groups in total. The number of halogens is 1. The molecule has 0 aromatic carbocycles. The van der Waals surface area contributed by atoms with Crippen LogP contribution in [-0.4, -0.2) is 0 Å². The van der Waals surface area contributed by atoms with Gasteiger partial charge in [-0.25, -0.2) is 0 Å². The van der Waals surface area contributed by atoms with Crippen molar-refractivity contribution in [3.05, 3.63) is 29.6 Å². The van der Waals surface area contributed by atoms with E-state index in [9.17, 15) is 4.48 Å². The molecule has 1 heterocycles. The Kier molecular flexibility index (Phi) is 2.00. The van der Waals surface area contributed by atoms with Crippen LogP contribution in [0.2, 0.25) is 0 Å². The Hall–Kier alpha value is -0.920. The van der Waals surface area contributed by atoms with Crippen LogP contribution in [-0.2, 0) is 6.42 Å². The number of nitrogens with zero attached hydrogens (tertiary/aromatic N) is 1. The molecule has 0 unspecified atom stereocenters. The molecule has 0 aliphatic heterocycles. The van der Waals surface area contributed by atoms with Crippen LogP contribution in [0.15, 0.2) is 18.5 Å². The fraction of sp³-hybridized carbons (Fsp3) is 0.375. The Bertz CT molecular complexity index is 233. The van der Waals surface area contributed by atoms with Crippen molar-refractivity contribution in [3.8, 4) is 0 Å². The maximum Gasteiger partial charge on any atom is 0.221 e. The lowest BCUT2D eigenvalue weighted by molar-refractivity contribution is -0.844. The molecule has 1 aromatic rings. The molecule has 0 aliphatic carbocycles. The SMILES string of the molecule is CCc1c[n+](F)ccc1C. The van der Waals surface area contributed by atoms with Crippen LogP contribution in [0.1, 0.15) is 18.1 Å². The summed E-state index contributed by atoms with van der Waals surface area (Å²) in [6, 6.07) is 1.78. The van der Waals surface area contributed by atoms with E-state index in [0.717, 1.165) is 17.5 Å². The number of hydrogen-bond donors (Lipinski definition) is 0. The number of aromatic nitrogens is 1. The lowest BCUT2D eigenvalue weighted by Crippen LogP contribution is -2.21. The summed E-state index contributed by atoms with van der Waals surface area (Å²) in [4.78, 5) is 0.589. The van der Waals surface area contributed by atoms with Crippen molar-refractivity contribution >= 4 is 0 Å². The molecule has 0 saturated carbocycles. The van der Waals surface area contributed by atoms with Gasteiger partial charge in [-0.15, -0.1) is 0 Å². The van der Waals surface area contributed by atoms with Gasteiger partial charge in [0.1, 0.15) is 0 Å². The molecule has 2 heteroatoms. The molecular formula is C8H11FN+. The van der Waals surface area contributed by atoms with Crippen molar-refractivity contribution in [1.82, 2.24) is 0 Å². The Morgan fingerprint density at radius 2 is 2.30 bits per heavy atom. The zero-order valence-corrected chi connectivity index (χ0v) is 6.26. The van der Waals surface area contributed by atoms with E-state index in [4.69, 9.17) is 0 Å². The molecule has 0 spiro atoms. The van der Waals surface area contributed by atoms with Crippen molar-refractivity contribution in [2.75, 3.05) is 0 Å². The monoisotopic (exact) mass is 140 g/mol. The summed E-state index contributed by atoms with van der Waals surface area (Å²) in [5.41, 5.74) is 2.21. The standard InChI is InChI=1S/C8H11FN/c1-3-8-6-10(9)5-4-7(8)2/h4-6H,3H2,1-2H3/q+1. The molecule has 0 aliphatic rings. The molecule has 1 nitrogen and oxygen atoms in total. The van der Waals surface area contributed by atoms with Gasteiger partial charge >= 0.3 is 0 Å². The third kappa shape index (κ3) is 1.32. The number of pyridine rings is 1. The average molecular weight is 140 g/mol. The zero-order valence-electron chi connectivity index (χ0n) is 6.26. The second-order valence-corrected chi connectivity index (χ2v) is 2.35. The molecule has 0 atom stereocenters. The number of hydrogen-bond acceptors (Lipinski definition) is 0. The summed E-state index contributed by atoms with van der Waals surface area (Å²) < 4.78 is 12.5. The van der Waals surface area contributed by atoms with Crippen molar-refractivity contribution in [2.45, 2.75) is 20.3 Å².